The molecule has 1 unspecified atom stereocenters. The Bertz CT molecular complexity index is 962. The normalized spacial score (nSPS) is 12.0. The predicted molar refractivity (Wildman–Crippen MR) is 96.7 cm³/mol. The minimum absolute atomic E-state index is 0.152. The summed E-state index contributed by atoms with van der Waals surface area (Å²) < 4.78 is 28.1. The van der Waals surface area contributed by atoms with Crippen LogP contribution in [0.3, 0.4) is 0 Å². The van der Waals surface area contributed by atoms with Crippen LogP contribution < -0.4 is 5.73 Å². The molecule has 0 aliphatic carbocycles. The van der Waals surface area contributed by atoms with Gasteiger partial charge in [0.05, 0.1) is 5.92 Å². The highest BCUT2D eigenvalue weighted by Crippen LogP contribution is 2.28. The average Bonchev–Trinajstić information content (AvgIpc) is 2.62. The van der Waals surface area contributed by atoms with E-state index < -0.39 is 23.5 Å². The van der Waals surface area contributed by atoms with Gasteiger partial charge in [-0.25, -0.2) is 8.78 Å². The zero-order valence-corrected chi connectivity index (χ0v) is 14.4. The SMILES string of the molecule is NC(=O)C(Cc1cncc(-c2cc(Cl)ccc2F)c1)c1ccccc1F. The first-order chi connectivity index (χ1) is 12.5. The number of hydrogen-bond donors (Lipinski definition) is 1. The molecule has 0 fully saturated rings. The molecule has 0 aliphatic rings. The van der Waals surface area contributed by atoms with Crippen LogP contribution in [0.5, 0.6) is 0 Å². The van der Waals surface area contributed by atoms with Crippen LogP contribution in [-0.2, 0) is 11.2 Å². The zero-order chi connectivity index (χ0) is 18.7. The van der Waals surface area contributed by atoms with Crippen LogP contribution in [0.15, 0.2) is 60.9 Å². The lowest BCUT2D eigenvalue weighted by Gasteiger charge is -2.15. The molecule has 0 aliphatic heterocycles. The summed E-state index contributed by atoms with van der Waals surface area (Å²) in [6.45, 7) is 0. The molecule has 26 heavy (non-hydrogen) atoms. The van der Waals surface area contributed by atoms with E-state index in [1.54, 1.807) is 24.4 Å². The van der Waals surface area contributed by atoms with Crippen LogP contribution in [0.1, 0.15) is 17.0 Å². The van der Waals surface area contributed by atoms with Crippen molar-refractivity contribution in [1.29, 1.82) is 0 Å². The maximum Gasteiger partial charge on any atom is 0.225 e. The number of rotatable bonds is 5. The van der Waals surface area contributed by atoms with E-state index in [0.29, 0.717) is 21.7 Å². The van der Waals surface area contributed by atoms with Gasteiger partial charge in [-0.15, -0.1) is 0 Å². The summed E-state index contributed by atoms with van der Waals surface area (Å²) in [5.74, 6) is -2.43. The van der Waals surface area contributed by atoms with Crippen molar-refractivity contribution < 1.29 is 13.6 Å². The molecule has 0 radical (unpaired) electrons. The Morgan fingerprint density at radius 2 is 1.85 bits per heavy atom. The van der Waals surface area contributed by atoms with Gasteiger partial charge in [0.1, 0.15) is 11.6 Å². The third kappa shape index (κ3) is 3.89. The number of aromatic nitrogens is 1. The first kappa shape index (κ1) is 18.0. The standard InChI is InChI=1S/C20H15ClF2N2O/c21-14-5-6-19(23)16(9-14)13-7-12(10-25-11-13)8-17(20(24)26)15-3-1-2-4-18(15)22/h1-7,9-11,17H,8H2,(H2,24,26). The van der Waals surface area contributed by atoms with Gasteiger partial charge in [0.15, 0.2) is 0 Å². The summed E-state index contributed by atoms with van der Waals surface area (Å²) in [4.78, 5) is 16.0. The number of carbonyl (C=O) groups excluding carboxylic acids is 1. The third-order valence-corrected chi connectivity index (χ3v) is 4.33. The van der Waals surface area contributed by atoms with Gasteiger partial charge in [-0.3, -0.25) is 9.78 Å². The largest absolute Gasteiger partial charge is 0.369 e. The quantitative estimate of drug-likeness (QED) is 0.717. The number of nitrogens with zero attached hydrogens (tertiary/aromatic N) is 1. The van der Waals surface area contributed by atoms with E-state index in [1.165, 1.54) is 36.5 Å². The molecule has 3 nitrogen and oxygen atoms in total. The van der Waals surface area contributed by atoms with Crippen molar-refractivity contribution in [3.05, 3.63) is 88.7 Å². The van der Waals surface area contributed by atoms with Crippen LogP contribution in [0, 0.1) is 11.6 Å². The van der Waals surface area contributed by atoms with Crippen molar-refractivity contribution in [2.24, 2.45) is 5.73 Å². The summed E-state index contributed by atoms with van der Waals surface area (Å²) in [5.41, 5.74) is 7.14. The van der Waals surface area contributed by atoms with Gasteiger partial charge in [-0.1, -0.05) is 29.8 Å². The maximum atomic E-state index is 14.1. The van der Waals surface area contributed by atoms with Gasteiger partial charge in [-0.05, 0) is 42.3 Å². The van der Waals surface area contributed by atoms with Gasteiger partial charge >= 0.3 is 0 Å². The van der Waals surface area contributed by atoms with Crippen LogP contribution in [0.25, 0.3) is 11.1 Å². The molecule has 0 bridgehead atoms. The van der Waals surface area contributed by atoms with Gasteiger partial charge < -0.3 is 5.73 Å². The molecule has 1 amide bonds. The summed E-state index contributed by atoms with van der Waals surface area (Å²) >= 11 is 5.94. The fourth-order valence-electron chi connectivity index (χ4n) is 2.82. The Morgan fingerprint density at radius 3 is 2.58 bits per heavy atom. The molecule has 2 aromatic carbocycles. The fraction of sp³-hybridized carbons (Fsp3) is 0.100. The summed E-state index contributed by atoms with van der Waals surface area (Å²) in [6, 6.07) is 11.9. The number of carbonyl (C=O) groups is 1. The second kappa shape index (κ2) is 7.62. The first-order valence-electron chi connectivity index (χ1n) is 7.89. The first-order valence-corrected chi connectivity index (χ1v) is 8.26. The predicted octanol–water partition coefficient (Wildman–Crippen LogP) is 4.49. The Labute approximate surface area is 154 Å². The molecular weight excluding hydrogens is 358 g/mol. The minimum atomic E-state index is -0.850. The molecule has 0 spiro atoms. The molecule has 3 rings (SSSR count). The molecule has 0 saturated heterocycles. The molecule has 6 heteroatoms. The monoisotopic (exact) mass is 372 g/mol. The van der Waals surface area contributed by atoms with Crippen LogP contribution in [-0.4, -0.2) is 10.9 Å². The molecule has 2 N–H and O–H groups in total. The summed E-state index contributed by atoms with van der Waals surface area (Å²) in [7, 11) is 0. The fourth-order valence-corrected chi connectivity index (χ4v) is 2.99. The maximum absolute atomic E-state index is 14.1. The van der Waals surface area contributed by atoms with E-state index in [4.69, 9.17) is 17.3 Å². The van der Waals surface area contributed by atoms with Crippen molar-refractivity contribution in [3.63, 3.8) is 0 Å². The number of hydrogen-bond acceptors (Lipinski definition) is 2. The van der Waals surface area contributed by atoms with E-state index >= 15 is 0 Å². The second-order valence-electron chi connectivity index (χ2n) is 5.89. The number of benzene rings is 2. The lowest BCUT2D eigenvalue weighted by Crippen LogP contribution is -2.24. The number of pyridine rings is 1. The van der Waals surface area contributed by atoms with Crippen molar-refractivity contribution >= 4 is 17.5 Å². The highest BCUT2D eigenvalue weighted by atomic mass is 35.5. The topological polar surface area (TPSA) is 56.0 Å². The molecule has 1 heterocycles. The Morgan fingerprint density at radius 1 is 1.08 bits per heavy atom. The van der Waals surface area contributed by atoms with Crippen LogP contribution in [0.4, 0.5) is 8.78 Å². The van der Waals surface area contributed by atoms with Gasteiger partial charge in [0.2, 0.25) is 5.91 Å². The molecule has 1 aromatic heterocycles. The molecule has 1 atom stereocenters. The smallest absolute Gasteiger partial charge is 0.225 e. The summed E-state index contributed by atoms with van der Waals surface area (Å²) in [6.07, 6.45) is 3.20. The Hall–Kier alpha value is -2.79. The number of primary amides is 1. The second-order valence-corrected chi connectivity index (χ2v) is 6.32. The highest BCUT2D eigenvalue weighted by molar-refractivity contribution is 6.30. The van der Waals surface area contributed by atoms with Crippen molar-refractivity contribution in [2.75, 3.05) is 0 Å². The van der Waals surface area contributed by atoms with E-state index in [0.717, 1.165) is 0 Å². The van der Waals surface area contributed by atoms with Crippen LogP contribution in [0.2, 0.25) is 5.02 Å². The van der Waals surface area contributed by atoms with Crippen LogP contribution >= 0.6 is 11.6 Å². The highest BCUT2D eigenvalue weighted by Gasteiger charge is 2.22. The number of amides is 1. The molecule has 132 valence electrons. The Balaban J connectivity index is 1.96. The zero-order valence-electron chi connectivity index (χ0n) is 13.6. The average molecular weight is 373 g/mol. The van der Waals surface area contributed by atoms with Crippen molar-refractivity contribution in [1.82, 2.24) is 4.98 Å². The van der Waals surface area contributed by atoms with E-state index in [9.17, 15) is 13.6 Å². The van der Waals surface area contributed by atoms with Crippen molar-refractivity contribution in [3.8, 4) is 11.1 Å². The minimum Gasteiger partial charge on any atom is -0.369 e. The lowest BCUT2D eigenvalue weighted by atomic mass is 9.91. The van der Waals surface area contributed by atoms with Crippen molar-refractivity contribution in [2.45, 2.75) is 12.3 Å². The molecular formula is C20H15ClF2N2O. The van der Waals surface area contributed by atoms with E-state index in [2.05, 4.69) is 4.98 Å². The number of nitrogens with two attached hydrogens (primary N) is 1. The summed E-state index contributed by atoms with van der Waals surface area (Å²) in [5, 5.41) is 0.396. The molecule has 0 saturated carbocycles. The van der Waals surface area contributed by atoms with E-state index in [-0.39, 0.29) is 12.0 Å². The van der Waals surface area contributed by atoms with Gasteiger partial charge in [0, 0.05) is 34.1 Å². The lowest BCUT2D eigenvalue weighted by molar-refractivity contribution is -0.119. The van der Waals surface area contributed by atoms with E-state index in [1.807, 2.05) is 0 Å². The van der Waals surface area contributed by atoms with Gasteiger partial charge in [0.25, 0.3) is 0 Å². The Kier molecular flexibility index (Phi) is 5.28. The van der Waals surface area contributed by atoms with Gasteiger partial charge in [-0.2, -0.15) is 0 Å². The molecule has 3 aromatic rings. The number of halogens is 3. The third-order valence-electron chi connectivity index (χ3n) is 4.10.